The van der Waals surface area contributed by atoms with Crippen LogP contribution in [0, 0.1) is 0 Å². The SMILES string of the molecule is COc1ccc(CNC(=O)c2ccnc(NCCc3ccccc3OC)c2)cc1. The van der Waals surface area contributed by atoms with Crippen molar-refractivity contribution in [2.24, 2.45) is 0 Å². The van der Waals surface area contributed by atoms with Crippen LogP contribution in [0.3, 0.4) is 0 Å². The second-order valence-corrected chi connectivity index (χ2v) is 6.45. The average Bonchev–Trinajstić information content (AvgIpc) is 2.78. The van der Waals surface area contributed by atoms with Gasteiger partial charge in [-0.3, -0.25) is 4.79 Å². The fourth-order valence-electron chi connectivity index (χ4n) is 2.93. The summed E-state index contributed by atoms with van der Waals surface area (Å²) in [5.74, 6) is 2.18. The highest BCUT2D eigenvalue weighted by molar-refractivity contribution is 5.94. The molecule has 0 atom stereocenters. The van der Waals surface area contributed by atoms with Crippen LogP contribution in [0.5, 0.6) is 11.5 Å². The lowest BCUT2D eigenvalue weighted by molar-refractivity contribution is 0.0951. The van der Waals surface area contributed by atoms with Gasteiger partial charge < -0.3 is 20.1 Å². The van der Waals surface area contributed by atoms with E-state index in [4.69, 9.17) is 9.47 Å². The van der Waals surface area contributed by atoms with Crippen LogP contribution in [0.1, 0.15) is 21.5 Å². The first-order chi connectivity index (χ1) is 14.2. The Hall–Kier alpha value is -3.54. The van der Waals surface area contributed by atoms with E-state index >= 15 is 0 Å². The number of pyridine rings is 1. The van der Waals surface area contributed by atoms with Gasteiger partial charge in [0.2, 0.25) is 0 Å². The highest BCUT2D eigenvalue weighted by Gasteiger charge is 2.07. The molecule has 29 heavy (non-hydrogen) atoms. The first kappa shape index (κ1) is 20.2. The summed E-state index contributed by atoms with van der Waals surface area (Å²) in [5, 5.41) is 6.19. The number of carbonyl (C=O) groups is 1. The third kappa shape index (κ3) is 5.72. The molecular weight excluding hydrogens is 366 g/mol. The molecular formula is C23H25N3O3. The van der Waals surface area contributed by atoms with Crippen molar-refractivity contribution in [3.05, 3.63) is 83.6 Å². The molecule has 2 aromatic carbocycles. The fourth-order valence-corrected chi connectivity index (χ4v) is 2.93. The number of rotatable bonds is 9. The van der Waals surface area contributed by atoms with Gasteiger partial charge in [-0.15, -0.1) is 0 Å². The molecule has 0 radical (unpaired) electrons. The maximum absolute atomic E-state index is 12.5. The van der Waals surface area contributed by atoms with Gasteiger partial charge in [-0.2, -0.15) is 0 Å². The lowest BCUT2D eigenvalue weighted by Crippen LogP contribution is -2.23. The second kappa shape index (κ2) is 10.1. The van der Waals surface area contributed by atoms with Crippen LogP contribution in [0.4, 0.5) is 5.82 Å². The van der Waals surface area contributed by atoms with Crippen molar-refractivity contribution >= 4 is 11.7 Å². The summed E-state index contributed by atoms with van der Waals surface area (Å²) < 4.78 is 10.5. The van der Waals surface area contributed by atoms with E-state index in [1.807, 2.05) is 48.5 Å². The number of anilines is 1. The molecule has 0 spiro atoms. The zero-order valence-electron chi connectivity index (χ0n) is 16.6. The van der Waals surface area contributed by atoms with Crippen molar-refractivity contribution in [1.29, 1.82) is 0 Å². The molecule has 6 nitrogen and oxygen atoms in total. The van der Waals surface area contributed by atoms with Crippen molar-refractivity contribution in [2.75, 3.05) is 26.1 Å². The molecule has 1 amide bonds. The average molecular weight is 391 g/mol. The molecule has 0 aliphatic rings. The molecule has 150 valence electrons. The Bertz CT molecular complexity index is 942. The number of aromatic nitrogens is 1. The number of hydrogen-bond donors (Lipinski definition) is 2. The number of ether oxygens (including phenoxy) is 2. The number of amides is 1. The second-order valence-electron chi connectivity index (χ2n) is 6.45. The van der Waals surface area contributed by atoms with Gasteiger partial charge in [0.05, 0.1) is 14.2 Å². The number of benzene rings is 2. The first-order valence-electron chi connectivity index (χ1n) is 9.42. The molecule has 0 saturated carbocycles. The first-order valence-corrected chi connectivity index (χ1v) is 9.42. The van der Waals surface area contributed by atoms with Gasteiger partial charge in [0, 0.05) is 24.8 Å². The minimum atomic E-state index is -0.143. The predicted octanol–water partition coefficient (Wildman–Crippen LogP) is 3.68. The third-order valence-corrected chi connectivity index (χ3v) is 4.53. The molecule has 0 aliphatic heterocycles. The smallest absolute Gasteiger partial charge is 0.251 e. The van der Waals surface area contributed by atoms with Crippen LogP contribution < -0.4 is 20.1 Å². The predicted molar refractivity (Wildman–Crippen MR) is 114 cm³/mol. The Balaban J connectivity index is 1.53. The van der Waals surface area contributed by atoms with Crippen molar-refractivity contribution in [1.82, 2.24) is 10.3 Å². The van der Waals surface area contributed by atoms with E-state index in [1.165, 1.54) is 0 Å². The number of nitrogens with zero attached hydrogens (tertiary/aromatic N) is 1. The summed E-state index contributed by atoms with van der Waals surface area (Å²) in [6.45, 7) is 1.13. The maximum atomic E-state index is 12.5. The van der Waals surface area contributed by atoms with Gasteiger partial charge >= 0.3 is 0 Å². The Morgan fingerprint density at radius 1 is 1.00 bits per heavy atom. The van der Waals surface area contributed by atoms with E-state index in [9.17, 15) is 4.79 Å². The summed E-state index contributed by atoms with van der Waals surface area (Å²) in [5.41, 5.74) is 2.69. The fraction of sp³-hybridized carbons (Fsp3) is 0.217. The van der Waals surface area contributed by atoms with Gasteiger partial charge in [0.1, 0.15) is 17.3 Å². The number of carbonyl (C=O) groups excluding carboxylic acids is 1. The van der Waals surface area contributed by atoms with Crippen molar-refractivity contribution in [2.45, 2.75) is 13.0 Å². The monoisotopic (exact) mass is 391 g/mol. The molecule has 0 fully saturated rings. The van der Waals surface area contributed by atoms with Gasteiger partial charge in [0.15, 0.2) is 0 Å². The quantitative estimate of drug-likeness (QED) is 0.582. The standard InChI is InChI=1S/C23H25N3O3/c1-28-20-9-7-17(8-10-20)16-26-23(27)19-12-14-25-22(15-19)24-13-11-18-5-3-4-6-21(18)29-2/h3-10,12,14-15H,11,13,16H2,1-2H3,(H,24,25)(H,26,27). The van der Waals surface area contributed by atoms with Crippen molar-refractivity contribution < 1.29 is 14.3 Å². The van der Waals surface area contributed by atoms with E-state index in [0.717, 1.165) is 29.0 Å². The highest BCUT2D eigenvalue weighted by Crippen LogP contribution is 2.18. The van der Waals surface area contributed by atoms with Crippen LogP contribution in [0.25, 0.3) is 0 Å². The van der Waals surface area contributed by atoms with Gasteiger partial charge in [0.25, 0.3) is 5.91 Å². The third-order valence-electron chi connectivity index (χ3n) is 4.53. The molecule has 3 rings (SSSR count). The molecule has 1 heterocycles. The Morgan fingerprint density at radius 3 is 2.55 bits per heavy atom. The van der Waals surface area contributed by atoms with Gasteiger partial charge in [-0.1, -0.05) is 30.3 Å². The Morgan fingerprint density at radius 2 is 1.79 bits per heavy atom. The summed E-state index contributed by atoms with van der Waals surface area (Å²) in [6.07, 6.45) is 2.42. The van der Waals surface area contributed by atoms with Crippen LogP contribution in [-0.2, 0) is 13.0 Å². The Kier molecular flexibility index (Phi) is 7.05. The summed E-state index contributed by atoms with van der Waals surface area (Å²) in [7, 11) is 3.30. The number of methoxy groups -OCH3 is 2. The van der Waals surface area contributed by atoms with Crippen LogP contribution >= 0.6 is 0 Å². The normalized spacial score (nSPS) is 10.3. The van der Waals surface area contributed by atoms with E-state index in [0.29, 0.717) is 24.5 Å². The molecule has 1 aromatic heterocycles. The van der Waals surface area contributed by atoms with Crippen LogP contribution in [0.15, 0.2) is 66.9 Å². The number of para-hydroxylation sites is 1. The molecule has 0 bridgehead atoms. The highest BCUT2D eigenvalue weighted by atomic mass is 16.5. The van der Waals surface area contributed by atoms with Crippen LogP contribution in [0.2, 0.25) is 0 Å². The topological polar surface area (TPSA) is 72.5 Å². The molecule has 6 heteroatoms. The van der Waals surface area contributed by atoms with Crippen LogP contribution in [-0.4, -0.2) is 31.7 Å². The van der Waals surface area contributed by atoms with E-state index in [-0.39, 0.29) is 5.91 Å². The van der Waals surface area contributed by atoms with E-state index in [1.54, 1.807) is 32.5 Å². The summed E-state index contributed by atoms with van der Waals surface area (Å²) in [4.78, 5) is 16.8. The molecule has 3 aromatic rings. The van der Waals surface area contributed by atoms with Gasteiger partial charge in [-0.25, -0.2) is 4.98 Å². The lowest BCUT2D eigenvalue weighted by Gasteiger charge is -2.10. The van der Waals surface area contributed by atoms with Crippen molar-refractivity contribution in [3.8, 4) is 11.5 Å². The largest absolute Gasteiger partial charge is 0.497 e. The van der Waals surface area contributed by atoms with Gasteiger partial charge in [-0.05, 0) is 47.9 Å². The minimum absolute atomic E-state index is 0.143. The molecule has 2 N–H and O–H groups in total. The number of hydrogen-bond acceptors (Lipinski definition) is 5. The molecule has 0 unspecified atom stereocenters. The Labute approximate surface area is 170 Å². The number of nitrogens with one attached hydrogen (secondary N) is 2. The minimum Gasteiger partial charge on any atom is -0.497 e. The zero-order valence-corrected chi connectivity index (χ0v) is 16.6. The van der Waals surface area contributed by atoms with Crippen molar-refractivity contribution in [3.63, 3.8) is 0 Å². The molecule has 0 aliphatic carbocycles. The lowest BCUT2D eigenvalue weighted by atomic mass is 10.1. The van der Waals surface area contributed by atoms with E-state index in [2.05, 4.69) is 15.6 Å². The van der Waals surface area contributed by atoms with E-state index < -0.39 is 0 Å². The maximum Gasteiger partial charge on any atom is 0.251 e. The zero-order chi connectivity index (χ0) is 20.5. The summed E-state index contributed by atoms with van der Waals surface area (Å²) >= 11 is 0. The summed E-state index contributed by atoms with van der Waals surface area (Å²) in [6, 6.07) is 19.0. The molecule has 0 saturated heterocycles.